The molecule has 6 heteroatoms. The SMILES string of the molecule is O=C(CCCCCCCCC(=O)Oc1ccc2c(c1)[C@]13CCCC[C@@H]1[C@@H](C2)N(CC1CCC1)CC3)Oc1ccc2c(c1)[C@]13CCCC[C@@H]1[C@@H](C2)N(CC1CCC1)CC3. The highest BCUT2D eigenvalue weighted by atomic mass is 16.5. The number of rotatable bonds is 15. The molecule has 0 N–H and O–H groups in total. The molecule has 0 aromatic heterocycles. The highest BCUT2D eigenvalue weighted by Gasteiger charge is 2.55. The Labute approximate surface area is 349 Å². The molecule has 4 saturated carbocycles. The Balaban J connectivity index is 0.649. The minimum Gasteiger partial charge on any atom is -0.427 e. The summed E-state index contributed by atoms with van der Waals surface area (Å²) in [5.41, 5.74) is 6.61. The van der Waals surface area contributed by atoms with Gasteiger partial charge >= 0.3 is 11.9 Å². The summed E-state index contributed by atoms with van der Waals surface area (Å²) in [4.78, 5) is 31.8. The summed E-state index contributed by atoms with van der Waals surface area (Å²) in [6.07, 6.45) is 31.0. The van der Waals surface area contributed by atoms with Crippen LogP contribution in [0.15, 0.2) is 36.4 Å². The van der Waals surface area contributed by atoms with Gasteiger partial charge in [-0.25, -0.2) is 0 Å². The zero-order valence-corrected chi connectivity index (χ0v) is 35.7. The molecule has 2 aliphatic heterocycles. The highest BCUT2D eigenvalue weighted by molar-refractivity contribution is 5.73. The first kappa shape index (κ1) is 39.4. The molecule has 0 spiro atoms. The molecule has 8 aliphatic rings. The van der Waals surface area contributed by atoms with E-state index in [1.165, 1.54) is 164 Å². The van der Waals surface area contributed by atoms with Crippen LogP contribution in [0, 0.1) is 23.7 Å². The summed E-state index contributed by atoms with van der Waals surface area (Å²) < 4.78 is 12.0. The molecular formula is C52H72N2O4. The summed E-state index contributed by atoms with van der Waals surface area (Å²) in [6, 6.07) is 14.7. The van der Waals surface area contributed by atoms with Crippen molar-refractivity contribution < 1.29 is 19.1 Å². The van der Waals surface area contributed by atoms with Crippen LogP contribution in [0.25, 0.3) is 0 Å². The molecule has 6 fully saturated rings. The van der Waals surface area contributed by atoms with Gasteiger partial charge in [-0.1, -0.05) is 76.3 Å². The van der Waals surface area contributed by atoms with Gasteiger partial charge in [-0.15, -0.1) is 0 Å². The largest absolute Gasteiger partial charge is 0.427 e. The fourth-order valence-corrected chi connectivity index (χ4v) is 14.3. The number of likely N-dealkylation sites (tertiary alicyclic amines) is 2. The first-order valence-corrected chi connectivity index (χ1v) is 24.6. The van der Waals surface area contributed by atoms with Gasteiger partial charge in [0.05, 0.1) is 0 Å². The summed E-state index contributed by atoms with van der Waals surface area (Å²) in [7, 11) is 0. The van der Waals surface area contributed by atoms with Gasteiger partial charge in [0.15, 0.2) is 0 Å². The lowest BCUT2D eigenvalue weighted by Gasteiger charge is -2.59. The molecule has 6 atom stereocenters. The number of nitrogens with zero attached hydrogens (tertiary/aromatic N) is 2. The number of fused-ring (bicyclic) bond motifs is 2. The van der Waals surface area contributed by atoms with Crippen molar-refractivity contribution in [2.45, 2.75) is 190 Å². The number of unbranched alkanes of at least 4 members (excludes halogenated alkanes) is 5. The topological polar surface area (TPSA) is 59.1 Å². The molecule has 58 heavy (non-hydrogen) atoms. The minimum absolute atomic E-state index is 0.0978. The third-order valence-electron chi connectivity index (χ3n) is 17.8. The van der Waals surface area contributed by atoms with E-state index in [0.717, 1.165) is 73.7 Å². The summed E-state index contributed by atoms with van der Waals surface area (Å²) >= 11 is 0. The molecule has 4 bridgehead atoms. The number of ether oxygens (including phenoxy) is 2. The van der Waals surface area contributed by atoms with E-state index >= 15 is 0 Å². The van der Waals surface area contributed by atoms with Crippen molar-refractivity contribution in [1.29, 1.82) is 0 Å². The number of hydrogen-bond acceptors (Lipinski definition) is 6. The Kier molecular flexibility index (Phi) is 11.5. The Morgan fingerprint density at radius 1 is 0.534 bits per heavy atom. The van der Waals surface area contributed by atoms with Crippen LogP contribution in [0.3, 0.4) is 0 Å². The molecule has 0 unspecified atom stereocenters. The van der Waals surface area contributed by atoms with Crippen molar-refractivity contribution in [3.63, 3.8) is 0 Å². The first-order chi connectivity index (χ1) is 28.5. The monoisotopic (exact) mass is 789 g/mol. The van der Waals surface area contributed by atoms with Crippen LogP contribution in [0.5, 0.6) is 11.5 Å². The zero-order chi connectivity index (χ0) is 39.1. The van der Waals surface area contributed by atoms with Crippen LogP contribution in [0.4, 0.5) is 0 Å². The number of carbonyl (C=O) groups excluding carboxylic acids is 2. The lowest BCUT2D eigenvalue weighted by molar-refractivity contribution is -0.135. The van der Waals surface area contributed by atoms with E-state index in [-0.39, 0.29) is 22.8 Å². The number of carbonyl (C=O) groups is 2. The third kappa shape index (κ3) is 7.62. The minimum atomic E-state index is -0.0978. The van der Waals surface area contributed by atoms with E-state index in [0.29, 0.717) is 24.9 Å². The maximum absolute atomic E-state index is 13.0. The molecule has 6 aliphatic carbocycles. The first-order valence-electron chi connectivity index (χ1n) is 24.6. The zero-order valence-electron chi connectivity index (χ0n) is 35.7. The smallest absolute Gasteiger partial charge is 0.311 e. The van der Waals surface area contributed by atoms with Crippen LogP contribution in [0.1, 0.15) is 176 Å². The van der Waals surface area contributed by atoms with Gasteiger partial charge in [-0.2, -0.15) is 0 Å². The fourth-order valence-electron chi connectivity index (χ4n) is 14.3. The van der Waals surface area contributed by atoms with Crippen LogP contribution >= 0.6 is 0 Å². The second kappa shape index (κ2) is 17.0. The van der Waals surface area contributed by atoms with Crippen LogP contribution in [-0.4, -0.2) is 60.0 Å². The second-order valence-electron chi connectivity index (χ2n) is 20.9. The molecule has 10 rings (SSSR count). The van der Waals surface area contributed by atoms with Gasteiger partial charge in [0.25, 0.3) is 0 Å². The van der Waals surface area contributed by atoms with Gasteiger partial charge in [0.1, 0.15) is 11.5 Å². The second-order valence-corrected chi connectivity index (χ2v) is 20.9. The van der Waals surface area contributed by atoms with Crippen LogP contribution in [-0.2, 0) is 33.3 Å². The molecule has 2 aromatic carbocycles. The van der Waals surface area contributed by atoms with Gasteiger partial charge < -0.3 is 9.47 Å². The Hall–Kier alpha value is -2.70. The van der Waals surface area contributed by atoms with Gasteiger partial charge in [0, 0.05) is 48.8 Å². The summed E-state index contributed by atoms with van der Waals surface area (Å²) in [5.74, 6) is 4.68. The summed E-state index contributed by atoms with van der Waals surface area (Å²) in [6.45, 7) is 5.10. The summed E-state index contributed by atoms with van der Waals surface area (Å²) in [5, 5.41) is 0. The molecule has 0 amide bonds. The third-order valence-corrected chi connectivity index (χ3v) is 17.8. The van der Waals surface area contributed by atoms with E-state index in [1.807, 2.05) is 0 Å². The number of esters is 2. The van der Waals surface area contributed by atoms with Crippen molar-refractivity contribution in [3.05, 3.63) is 58.7 Å². The van der Waals surface area contributed by atoms with E-state index in [4.69, 9.17) is 9.47 Å². The quantitative estimate of drug-likeness (QED) is 0.102. The van der Waals surface area contributed by atoms with Crippen molar-refractivity contribution in [2.24, 2.45) is 23.7 Å². The predicted octanol–water partition coefficient (Wildman–Crippen LogP) is 11.0. The van der Waals surface area contributed by atoms with Crippen molar-refractivity contribution in [1.82, 2.24) is 9.80 Å². The Morgan fingerprint density at radius 3 is 1.41 bits per heavy atom. The number of hydrogen-bond donors (Lipinski definition) is 0. The molecule has 2 saturated heterocycles. The number of benzene rings is 2. The van der Waals surface area contributed by atoms with E-state index in [2.05, 4.69) is 46.2 Å². The van der Waals surface area contributed by atoms with Crippen molar-refractivity contribution in [2.75, 3.05) is 26.2 Å². The highest BCUT2D eigenvalue weighted by Crippen LogP contribution is 2.58. The molecule has 2 aromatic rings. The van der Waals surface area contributed by atoms with Gasteiger partial charge in [-0.3, -0.25) is 19.4 Å². The molecule has 2 heterocycles. The van der Waals surface area contributed by atoms with Gasteiger partial charge in [-0.05, 0) is 173 Å². The van der Waals surface area contributed by atoms with Crippen molar-refractivity contribution in [3.8, 4) is 11.5 Å². The molecular weight excluding hydrogens is 717 g/mol. The normalized spacial score (nSPS) is 31.8. The lowest BCUT2D eigenvalue weighted by Crippen LogP contribution is -2.61. The Morgan fingerprint density at radius 2 is 0.983 bits per heavy atom. The average molecular weight is 789 g/mol. The van der Waals surface area contributed by atoms with Crippen molar-refractivity contribution >= 4 is 11.9 Å². The average Bonchev–Trinajstić information content (AvgIpc) is 3.20. The standard InChI is InChI=1S/C52H72N2O4/c55-49(57-41-23-21-39-31-47-43-17-7-9-25-51(43,45(39)33-41)27-29-53(47)35-37-13-11-14-37)19-5-3-1-2-4-6-20-50(56)58-42-24-22-40-32-48-44-18-8-10-26-52(44,46(40)34-42)28-30-54(48)36-38-15-12-16-38/h21-24,33-34,37-38,43-44,47-48H,1-20,25-32,35-36H2/t43-,44-,47-,48-,51+,52+/m1/s1. The van der Waals surface area contributed by atoms with Crippen LogP contribution < -0.4 is 9.47 Å². The van der Waals surface area contributed by atoms with E-state index in [9.17, 15) is 9.59 Å². The number of piperidine rings is 2. The molecule has 6 nitrogen and oxygen atoms in total. The fraction of sp³-hybridized carbons (Fsp3) is 0.731. The van der Waals surface area contributed by atoms with E-state index < -0.39 is 0 Å². The molecule has 314 valence electrons. The lowest BCUT2D eigenvalue weighted by atomic mass is 9.52. The van der Waals surface area contributed by atoms with E-state index in [1.54, 1.807) is 0 Å². The van der Waals surface area contributed by atoms with Crippen LogP contribution in [0.2, 0.25) is 0 Å². The predicted molar refractivity (Wildman–Crippen MR) is 230 cm³/mol. The Bertz CT molecular complexity index is 1670. The maximum Gasteiger partial charge on any atom is 0.311 e. The molecule has 0 radical (unpaired) electrons. The van der Waals surface area contributed by atoms with Gasteiger partial charge in [0.2, 0.25) is 0 Å². The maximum atomic E-state index is 13.0.